The smallest absolute Gasteiger partial charge is 0.142 e. The van der Waals surface area contributed by atoms with Crippen LogP contribution >= 0.6 is 0 Å². The van der Waals surface area contributed by atoms with Crippen molar-refractivity contribution in [1.29, 1.82) is 0 Å². The minimum Gasteiger partial charge on any atom is -0.495 e. The monoisotopic (exact) mass is 183 g/mol. The number of hydrogen-bond donors (Lipinski definition) is 1. The van der Waals surface area contributed by atoms with Crippen LogP contribution in [0.5, 0.6) is 5.75 Å². The largest absolute Gasteiger partial charge is 0.495 e. The van der Waals surface area contributed by atoms with Crippen molar-refractivity contribution in [3.63, 3.8) is 0 Å². The van der Waals surface area contributed by atoms with E-state index in [-0.39, 0.29) is 11.9 Å². The first-order valence-electron chi connectivity index (χ1n) is 4.23. The number of rotatable bonds is 3. The molecule has 1 aromatic carbocycles. The highest BCUT2D eigenvalue weighted by Crippen LogP contribution is 2.25. The molecule has 0 unspecified atom stereocenters. The van der Waals surface area contributed by atoms with E-state index in [1.165, 1.54) is 12.1 Å². The molecule has 2 nitrogen and oxygen atoms in total. The van der Waals surface area contributed by atoms with Crippen LogP contribution in [0.25, 0.3) is 0 Å². The summed E-state index contributed by atoms with van der Waals surface area (Å²) in [5.41, 5.74) is 0.692. The van der Waals surface area contributed by atoms with Crippen molar-refractivity contribution in [2.75, 3.05) is 12.4 Å². The second-order valence-corrected chi connectivity index (χ2v) is 3.14. The van der Waals surface area contributed by atoms with Crippen LogP contribution in [0.3, 0.4) is 0 Å². The first-order valence-corrected chi connectivity index (χ1v) is 4.23. The molecule has 0 saturated carbocycles. The maximum Gasteiger partial charge on any atom is 0.142 e. The maximum atomic E-state index is 12.8. The summed E-state index contributed by atoms with van der Waals surface area (Å²) < 4.78 is 17.9. The molecule has 0 atom stereocenters. The van der Waals surface area contributed by atoms with Crippen LogP contribution in [-0.4, -0.2) is 13.2 Å². The maximum absolute atomic E-state index is 12.8. The van der Waals surface area contributed by atoms with Gasteiger partial charge >= 0.3 is 0 Å². The third-order valence-electron chi connectivity index (χ3n) is 1.61. The molecule has 1 aromatic rings. The van der Waals surface area contributed by atoms with Gasteiger partial charge in [0.1, 0.15) is 11.6 Å². The summed E-state index contributed by atoms with van der Waals surface area (Å²) in [6, 6.07) is 4.68. The Bertz CT molecular complexity index is 286. The summed E-state index contributed by atoms with van der Waals surface area (Å²) in [6.07, 6.45) is 0. The molecular weight excluding hydrogens is 169 g/mol. The molecule has 1 N–H and O–H groups in total. The van der Waals surface area contributed by atoms with Crippen molar-refractivity contribution >= 4 is 5.69 Å². The third-order valence-corrected chi connectivity index (χ3v) is 1.61. The molecule has 0 aliphatic rings. The van der Waals surface area contributed by atoms with Gasteiger partial charge < -0.3 is 10.1 Å². The topological polar surface area (TPSA) is 21.3 Å². The summed E-state index contributed by atoms with van der Waals surface area (Å²) in [5.74, 6) is 0.402. The summed E-state index contributed by atoms with van der Waals surface area (Å²) in [4.78, 5) is 0. The molecule has 0 aromatic heterocycles. The quantitative estimate of drug-likeness (QED) is 0.777. The van der Waals surface area contributed by atoms with Gasteiger partial charge in [-0.25, -0.2) is 4.39 Å². The lowest BCUT2D eigenvalue weighted by Gasteiger charge is -2.13. The number of benzene rings is 1. The van der Waals surface area contributed by atoms with Gasteiger partial charge in [0.25, 0.3) is 0 Å². The molecule has 3 heteroatoms. The zero-order valence-electron chi connectivity index (χ0n) is 8.10. The first-order chi connectivity index (χ1) is 6.13. The fourth-order valence-corrected chi connectivity index (χ4v) is 1.10. The molecular formula is C10H14FNO. The molecule has 72 valence electrons. The van der Waals surface area contributed by atoms with Crippen molar-refractivity contribution in [1.82, 2.24) is 0 Å². The lowest BCUT2D eigenvalue weighted by molar-refractivity contribution is 0.415. The van der Waals surface area contributed by atoms with Crippen molar-refractivity contribution in [3.05, 3.63) is 24.0 Å². The van der Waals surface area contributed by atoms with Gasteiger partial charge in [-0.2, -0.15) is 0 Å². The highest BCUT2D eigenvalue weighted by Gasteiger charge is 2.04. The van der Waals surface area contributed by atoms with Gasteiger partial charge in [-0.1, -0.05) is 0 Å². The Hall–Kier alpha value is -1.25. The summed E-state index contributed by atoms with van der Waals surface area (Å²) in [6.45, 7) is 3.98. The van der Waals surface area contributed by atoms with Gasteiger partial charge in [-0.3, -0.25) is 0 Å². The van der Waals surface area contributed by atoms with Crippen LogP contribution in [-0.2, 0) is 0 Å². The molecule has 0 fully saturated rings. The zero-order chi connectivity index (χ0) is 9.84. The number of ether oxygens (including phenoxy) is 1. The highest BCUT2D eigenvalue weighted by molar-refractivity contribution is 5.56. The fraction of sp³-hybridized carbons (Fsp3) is 0.400. The van der Waals surface area contributed by atoms with Crippen LogP contribution in [0.1, 0.15) is 13.8 Å². The molecule has 0 spiro atoms. The van der Waals surface area contributed by atoms with E-state index in [4.69, 9.17) is 4.74 Å². The lowest BCUT2D eigenvalue weighted by atomic mass is 10.2. The molecule has 0 heterocycles. The van der Waals surface area contributed by atoms with Crippen LogP contribution in [0, 0.1) is 5.82 Å². The van der Waals surface area contributed by atoms with Gasteiger partial charge in [0, 0.05) is 12.1 Å². The summed E-state index contributed by atoms with van der Waals surface area (Å²) >= 11 is 0. The Morgan fingerprint density at radius 1 is 1.38 bits per heavy atom. The SMILES string of the molecule is COc1ccc(F)cc1NC(C)C. The predicted octanol–water partition coefficient (Wildman–Crippen LogP) is 2.65. The Labute approximate surface area is 77.7 Å². The van der Waals surface area contributed by atoms with Gasteiger partial charge in [0.2, 0.25) is 0 Å². The van der Waals surface area contributed by atoms with Crippen LogP contribution in [0.15, 0.2) is 18.2 Å². The Balaban J connectivity index is 2.94. The van der Waals surface area contributed by atoms with Gasteiger partial charge in [-0.05, 0) is 26.0 Å². The van der Waals surface area contributed by atoms with Crippen molar-refractivity contribution in [2.24, 2.45) is 0 Å². The van der Waals surface area contributed by atoms with Crippen molar-refractivity contribution in [3.8, 4) is 5.75 Å². The lowest BCUT2D eigenvalue weighted by Crippen LogP contribution is -2.10. The zero-order valence-corrected chi connectivity index (χ0v) is 8.10. The van der Waals surface area contributed by atoms with E-state index >= 15 is 0 Å². The molecule has 0 radical (unpaired) electrons. The standard InChI is InChI=1S/C10H14FNO/c1-7(2)12-9-6-8(11)4-5-10(9)13-3/h4-7,12H,1-3H3. The van der Waals surface area contributed by atoms with Crippen molar-refractivity contribution < 1.29 is 9.13 Å². The Morgan fingerprint density at radius 3 is 2.62 bits per heavy atom. The molecule has 13 heavy (non-hydrogen) atoms. The van der Waals surface area contributed by atoms with Crippen molar-refractivity contribution in [2.45, 2.75) is 19.9 Å². The van der Waals surface area contributed by atoms with E-state index in [0.29, 0.717) is 11.4 Å². The van der Waals surface area contributed by atoms with Gasteiger partial charge in [0.05, 0.1) is 12.8 Å². The number of anilines is 1. The average molecular weight is 183 g/mol. The molecule has 0 amide bonds. The Kier molecular flexibility index (Phi) is 3.12. The van der Waals surface area contributed by atoms with Crippen LogP contribution in [0.4, 0.5) is 10.1 Å². The minimum absolute atomic E-state index is 0.260. The average Bonchev–Trinajstić information content (AvgIpc) is 2.03. The van der Waals surface area contributed by atoms with E-state index < -0.39 is 0 Å². The number of methoxy groups -OCH3 is 1. The van der Waals surface area contributed by atoms with E-state index in [1.54, 1.807) is 13.2 Å². The first kappa shape index (κ1) is 9.84. The van der Waals surface area contributed by atoms with E-state index in [0.717, 1.165) is 0 Å². The number of hydrogen-bond acceptors (Lipinski definition) is 2. The van der Waals surface area contributed by atoms with Gasteiger partial charge in [-0.15, -0.1) is 0 Å². The Morgan fingerprint density at radius 2 is 2.08 bits per heavy atom. The van der Waals surface area contributed by atoms with E-state index in [2.05, 4.69) is 5.32 Å². The third kappa shape index (κ3) is 2.61. The second kappa shape index (κ2) is 4.12. The van der Waals surface area contributed by atoms with Gasteiger partial charge in [0.15, 0.2) is 0 Å². The normalized spacial score (nSPS) is 10.2. The molecule has 0 bridgehead atoms. The van der Waals surface area contributed by atoms with Crippen LogP contribution < -0.4 is 10.1 Å². The molecule has 0 saturated heterocycles. The predicted molar refractivity (Wildman–Crippen MR) is 51.7 cm³/mol. The second-order valence-electron chi connectivity index (χ2n) is 3.14. The summed E-state index contributed by atoms with van der Waals surface area (Å²) in [5, 5.41) is 3.10. The molecule has 1 rings (SSSR count). The fourth-order valence-electron chi connectivity index (χ4n) is 1.10. The van der Waals surface area contributed by atoms with E-state index in [1.807, 2.05) is 13.8 Å². The molecule has 0 aliphatic carbocycles. The van der Waals surface area contributed by atoms with E-state index in [9.17, 15) is 4.39 Å². The minimum atomic E-state index is -0.260. The number of halogens is 1. The van der Waals surface area contributed by atoms with Crippen LogP contribution in [0.2, 0.25) is 0 Å². The highest BCUT2D eigenvalue weighted by atomic mass is 19.1. The number of nitrogens with one attached hydrogen (secondary N) is 1. The molecule has 0 aliphatic heterocycles. The summed E-state index contributed by atoms with van der Waals surface area (Å²) in [7, 11) is 1.57.